The van der Waals surface area contributed by atoms with Crippen molar-refractivity contribution < 1.29 is 0 Å². The Morgan fingerprint density at radius 2 is 2.06 bits per heavy atom. The molecule has 1 aliphatic rings. The number of hydrogen-bond acceptors (Lipinski definition) is 3. The molecule has 1 aromatic rings. The monoisotopic (exact) mass is 297 g/mol. The lowest BCUT2D eigenvalue weighted by molar-refractivity contribution is 0.192. The third-order valence-electron chi connectivity index (χ3n) is 3.57. The number of halogens is 1. The van der Waals surface area contributed by atoms with Crippen LogP contribution in [0.5, 0.6) is 0 Å². The summed E-state index contributed by atoms with van der Waals surface area (Å²) in [6.45, 7) is 8.98. The minimum atomic E-state index is 0.698. The summed E-state index contributed by atoms with van der Waals surface area (Å²) in [7, 11) is 0. The molecule has 1 atom stereocenters. The first-order valence-corrected chi connectivity index (χ1v) is 7.11. The van der Waals surface area contributed by atoms with E-state index in [-0.39, 0.29) is 0 Å². The van der Waals surface area contributed by atoms with E-state index in [1.54, 1.807) is 0 Å². The van der Waals surface area contributed by atoms with Gasteiger partial charge in [0.05, 0.1) is 4.47 Å². The summed E-state index contributed by atoms with van der Waals surface area (Å²) in [6, 6.07) is 4.72. The molecule has 2 heterocycles. The van der Waals surface area contributed by atoms with E-state index in [4.69, 9.17) is 0 Å². The quantitative estimate of drug-likeness (QED) is 0.855. The summed E-state index contributed by atoms with van der Waals surface area (Å²) in [5, 5.41) is 0. The van der Waals surface area contributed by atoms with Gasteiger partial charge in [-0.15, -0.1) is 0 Å². The molecule has 1 unspecified atom stereocenters. The molecule has 0 aliphatic carbocycles. The van der Waals surface area contributed by atoms with Crippen molar-refractivity contribution in [1.82, 2.24) is 9.88 Å². The number of rotatable bonds is 3. The lowest BCUT2D eigenvalue weighted by atomic mass is 10.2. The van der Waals surface area contributed by atoms with Crippen LogP contribution in [0.3, 0.4) is 0 Å². The minimum Gasteiger partial charge on any atom is -0.353 e. The molecule has 0 aromatic carbocycles. The van der Waals surface area contributed by atoms with Crippen LogP contribution in [0.2, 0.25) is 0 Å². The van der Waals surface area contributed by atoms with E-state index in [0.29, 0.717) is 6.04 Å². The van der Waals surface area contributed by atoms with Crippen LogP contribution in [0.25, 0.3) is 0 Å². The molecular formula is C13H20BrN3. The zero-order chi connectivity index (χ0) is 12.3. The molecule has 0 saturated carbocycles. The van der Waals surface area contributed by atoms with Gasteiger partial charge in [0.1, 0.15) is 5.82 Å². The van der Waals surface area contributed by atoms with Gasteiger partial charge in [-0.2, -0.15) is 0 Å². The van der Waals surface area contributed by atoms with Crippen molar-refractivity contribution in [2.45, 2.75) is 26.3 Å². The molecule has 1 aromatic heterocycles. The summed E-state index contributed by atoms with van der Waals surface area (Å²) in [5.74, 6) is 1.08. The van der Waals surface area contributed by atoms with Crippen LogP contribution >= 0.6 is 15.9 Å². The van der Waals surface area contributed by atoms with Crippen LogP contribution in [-0.4, -0.2) is 42.1 Å². The molecule has 0 radical (unpaired) electrons. The van der Waals surface area contributed by atoms with Gasteiger partial charge in [-0.1, -0.05) is 6.92 Å². The van der Waals surface area contributed by atoms with Crippen molar-refractivity contribution in [2.75, 3.05) is 31.1 Å². The zero-order valence-corrected chi connectivity index (χ0v) is 12.2. The predicted octanol–water partition coefficient (Wildman–Crippen LogP) is 2.76. The van der Waals surface area contributed by atoms with E-state index in [2.05, 4.69) is 50.6 Å². The molecule has 1 saturated heterocycles. The fraction of sp³-hybridized carbons (Fsp3) is 0.615. The van der Waals surface area contributed by atoms with Crippen molar-refractivity contribution in [3.05, 3.63) is 22.8 Å². The Morgan fingerprint density at radius 3 is 2.65 bits per heavy atom. The number of nitrogens with zero attached hydrogens (tertiary/aromatic N) is 3. The number of aromatic nitrogens is 1. The van der Waals surface area contributed by atoms with E-state index in [0.717, 1.165) is 36.5 Å². The molecule has 1 fully saturated rings. The lowest BCUT2D eigenvalue weighted by Gasteiger charge is -2.38. The molecule has 2 rings (SSSR count). The van der Waals surface area contributed by atoms with Gasteiger partial charge < -0.3 is 4.90 Å². The maximum absolute atomic E-state index is 4.45. The first-order valence-electron chi connectivity index (χ1n) is 6.32. The van der Waals surface area contributed by atoms with E-state index in [1.165, 1.54) is 6.42 Å². The Balaban J connectivity index is 1.98. The molecule has 1 aliphatic heterocycles. The third-order valence-corrected chi connectivity index (χ3v) is 4.19. The molecule has 0 amide bonds. The minimum absolute atomic E-state index is 0.698. The predicted molar refractivity (Wildman–Crippen MR) is 75.5 cm³/mol. The van der Waals surface area contributed by atoms with Gasteiger partial charge in [-0.25, -0.2) is 4.98 Å². The second-order valence-corrected chi connectivity index (χ2v) is 5.44. The van der Waals surface area contributed by atoms with Gasteiger partial charge in [0, 0.05) is 38.4 Å². The Morgan fingerprint density at radius 1 is 1.35 bits per heavy atom. The van der Waals surface area contributed by atoms with E-state index < -0.39 is 0 Å². The van der Waals surface area contributed by atoms with Crippen molar-refractivity contribution in [3.63, 3.8) is 0 Å². The molecular weight excluding hydrogens is 278 g/mol. The maximum atomic E-state index is 4.45. The lowest BCUT2D eigenvalue weighted by Crippen LogP contribution is -2.49. The summed E-state index contributed by atoms with van der Waals surface area (Å²) in [6.07, 6.45) is 3.09. The molecule has 17 heavy (non-hydrogen) atoms. The topological polar surface area (TPSA) is 19.4 Å². The third kappa shape index (κ3) is 2.99. The first kappa shape index (κ1) is 12.8. The van der Waals surface area contributed by atoms with E-state index in [9.17, 15) is 0 Å². The number of anilines is 1. The largest absolute Gasteiger partial charge is 0.353 e. The van der Waals surface area contributed by atoms with Crippen LogP contribution in [0.15, 0.2) is 22.8 Å². The Bertz CT molecular complexity index is 361. The van der Waals surface area contributed by atoms with Gasteiger partial charge >= 0.3 is 0 Å². The summed E-state index contributed by atoms with van der Waals surface area (Å²) in [5.41, 5.74) is 0. The average Bonchev–Trinajstić information content (AvgIpc) is 2.39. The highest BCUT2D eigenvalue weighted by molar-refractivity contribution is 9.10. The highest BCUT2D eigenvalue weighted by atomic mass is 79.9. The molecule has 4 heteroatoms. The Kier molecular flexibility index (Phi) is 4.40. The van der Waals surface area contributed by atoms with Crippen LogP contribution in [0, 0.1) is 0 Å². The number of pyridine rings is 1. The van der Waals surface area contributed by atoms with E-state index in [1.807, 2.05) is 12.3 Å². The van der Waals surface area contributed by atoms with Gasteiger partial charge in [0.15, 0.2) is 0 Å². The summed E-state index contributed by atoms with van der Waals surface area (Å²) < 4.78 is 1.09. The zero-order valence-electron chi connectivity index (χ0n) is 10.6. The van der Waals surface area contributed by atoms with Gasteiger partial charge in [-0.05, 0) is 41.4 Å². The van der Waals surface area contributed by atoms with Crippen LogP contribution in [-0.2, 0) is 0 Å². The van der Waals surface area contributed by atoms with Crippen molar-refractivity contribution in [3.8, 4) is 0 Å². The second-order valence-electron chi connectivity index (χ2n) is 4.59. The Labute approximate surface area is 112 Å². The molecule has 0 bridgehead atoms. The van der Waals surface area contributed by atoms with Crippen LogP contribution in [0.1, 0.15) is 20.3 Å². The maximum Gasteiger partial charge on any atom is 0.142 e. The molecule has 3 nitrogen and oxygen atoms in total. The average molecular weight is 298 g/mol. The highest BCUT2D eigenvalue weighted by Gasteiger charge is 2.21. The van der Waals surface area contributed by atoms with Gasteiger partial charge in [-0.3, -0.25) is 4.90 Å². The Hall–Kier alpha value is -0.610. The summed E-state index contributed by atoms with van der Waals surface area (Å²) >= 11 is 3.57. The standard InChI is InChI=1S/C13H20BrN3/c1-3-11(2)16-7-9-17(10-8-16)13-12(14)5-4-6-15-13/h4-6,11H,3,7-10H2,1-2H3. The molecule has 94 valence electrons. The molecule has 0 N–H and O–H groups in total. The fourth-order valence-corrected chi connectivity index (χ4v) is 2.75. The molecule has 0 spiro atoms. The smallest absolute Gasteiger partial charge is 0.142 e. The normalized spacial score (nSPS) is 19.4. The van der Waals surface area contributed by atoms with E-state index >= 15 is 0 Å². The number of hydrogen-bond donors (Lipinski definition) is 0. The van der Waals surface area contributed by atoms with Crippen LogP contribution < -0.4 is 4.90 Å². The highest BCUT2D eigenvalue weighted by Crippen LogP contribution is 2.24. The van der Waals surface area contributed by atoms with Gasteiger partial charge in [0.2, 0.25) is 0 Å². The SMILES string of the molecule is CCC(C)N1CCN(c2ncccc2Br)CC1. The van der Waals surface area contributed by atoms with Crippen molar-refractivity contribution in [1.29, 1.82) is 0 Å². The van der Waals surface area contributed by atoms with Crippen molar-refractivity contribution in [2.24, 2.45) is 0 Å². The second kappa shape index (κ2) is 5.83. The number of piperazine rings is 1. The van der Waals surface area contributed by atoms with Crippen LogP contribution in [0.4, 0.5) is 5.82 Å². The van der Waals surface area contributed by atoms with Gasteiger partial charge in [0.25, 0.3) is 0 Å². The first-order chi connectivity index (χ1) is 8.22. The van der Waals surface area contributed by atoms with Crippen molar-refractivity contribution >= 4 is 21.7 Å². The fourth-order valence-electron chi connectivity index (χ4n) is 2.24. The summed E-state index contributed by atoms with van der Waals surface area (Å²) in [4.78, 5) is 9.38.